The Morgan fingerprint density at radius 3 is 2.58 bits per heavy atom. The number of aromatic nitrogens is 2. The van der Waals surface area contributed by atoms with Crippen LogP contribution in [0.2, 0.25) is 0 Å². The molecule has 6 nitrogen and oxygen atoms in total. The Labute approximate surface area is 144 Å². The minimum atomic E-state index is 0.0663. The van der Waals surface area contributed by atoms with Crippen molar-refractivity contribution in [3.63, 3.8) is 0 Å². The van der Waals surface area contributed by atoms with E-state index in [-0.39, 0.29) is 18.0 Å². The minimum absolute atomic E-state index is 0.0663. The second-order valence-corrected chi connectivity index (χ2v) is 7.40. The van der Waals surface area contributed by atoms with Crippen molar-refractivity contribution in [2.24, 2.45) is 0 Å². The number of rotatable bonds is 3. The number of carbonyl (C=O) groups is 1. The number of nitrogens with zero attached hydrogens (tertiary/aromatic N) is 4. The van der Waals surface area contributed by atoms with E-state index in [0.717, 1.165) is 51.4 Å². The molecule has 0 spiro atoms. The SMILES string of the molecule is Cc1cc(C(=O)N2CCN(C3CCOCC3)C[C@@H]2C)nn1C(C)C. The predicted molar refractivity (Wildman–Crippen MR) is 93.3 cm³/mol. The number of ether oxygens (including phenoxy) is 1. The molecule has 3 heterocycles. The van der Waals surface area contributed by atoms with Gasteiger partial charge in [-0.3, -0.25) is 14.4 Å². The molecule has 1 aromatic rings. The van der Waals surface area contributed by atoms with Gasteiger partial charge in [-0.25, -0.2) is 0 Å². The highest BCUT2D eigenvalue weighted by molar-refractivity contribution is 5.92. The zero-order chi connectivity index (χ0) is 17.3. The number of hydrogen-bond donors (Lipinski definition) is 0. The second-order valence-electron chi connectivity index (χ2n) is 7.40. The summed E-state index contributed by atoms with van der Waals surface area (Å²) >= 11 is 0. The van der Waals surface area contributed by atoms with Crippen LogP contribution >= 0.6 is 0 Å². The molecule has 1 amide bonds. The van der Waals surface area contributed by atoms with Crippen molar-refractivity contribution in [2.45, 2.75) is 58.7 Å². The molecule has 134 valence electrons. The zero-order valence-corrected chi connectivity index (χ0v) is 15.4. The molecule has 6 heteroatoms. The van der Waals surface area contributed by atoms with Crippen LogP contribution in [0.25, 0.3) is 0 Å². The molecular formula is C18H30N4O2. The number of amides is 1. The van der Waals surface area contributed by atoms with Gasteiger partial charge in [0.25, 0.3) is 5.91 Å². The summed E-state index contributed by atoms with van der Waals surface area (Å²) in [5.74, 6) is 0.0663. The number of carbonyl (C=O) groups excluding carboxylic acids is 1. The lowest BCUT2D eigenvalue weighted by molar-refractivity contribution is 0.000524. The lowest BCUT2D eigenvalue weighted by Gasteiger charge is -2.44. The van der Waals surface area contributed by atoms with Crippen molar-refractivity contribution < 1.29 is 9.53 Å². The van der Waals surface area contributed by atoms with Crippen LogP contribution in [0.5, 0.6) is 0 Å². The van der Waals surface area contributed by atoms with Gasteiger partial charge < -0.3 is 9.64 Å². The highest BCUT2D eigenvalue weighted by Crippen LogP contribution is 2.21. The van der Waals surface area contributed by atoms with E-state index in [2.05, 4.69) is 30.8 Å². The van der Waals surface area contributed by atoms with Gasteiger partial charge in [-0.05, 0) is 46.6 Å². The standard InChI is InChI=1S/C18H30N4O2/c1-13(2)22-14(3)11-17(19-22)18(23)21-8-7-20(12-15(21)4)16-5-9-24-10-6-16/h11,13,15-16H,5-10,12H2,1-4H3/t15-/m0/s1. The van der Waals surface area contributed by atoms with E-state index in [1.165, 1.54) is 0 Å². The maximum Gasteiger partial charge on any atom is 0.274 e. The summed E-state index contributed by atoms with van der Waals surface area (Å²) in [4.78, 5) is 17.4. The third-order valence-corrected chi connectivity index (χ3v) is 5.26. The summed E-state index contributed by atoms with van der Waals surface area (Å²) in [5.41, 5.74) is 1.62. The number of hydrogen-bond acceptors (Lipinski definition) is 4. The zero-order valence-electron chi connectivity index (χ0n) is 15.4. The highest BCUT2D eigenvalue weighted by atomic mass is 16.5. The number of piperazine rings is 1. The Hall–Kier alpha value is -1.40. The lowest BCUT2D eigenvalue weighted by Crippen LogP contribution is -2.57. The van der Waals surface area contributed by atoms with Crippen LogP contribution in [0.4, 0.5) is 0 Å². The molecule has 0 radical (unpaired) electrons. The fourth-order valence-corrected chi connectivity index (χ4v) is 3.93. The van der Waals surface area contributed by atoms with E-state index in [1.54, 1.807) is 0 Å². The summed E-state index contributed by atoms with van der Waals surface area (Å²) < 4.78 is 7.39. The molecule has 2 aliphatic rings. The van der Waals surface area contributed by atoms with Crippen LogP contribution in [-0.4, -0.2) is 70.4 Å². The Bertz CT molecular complexity index is 578. The van der Waals surface area contributed by atoms with Gasteiger partial charge in [0, 0.05) is 56.7 Å². The maximum absolute atomic E-state index is 12.9. The molecule has 24 heavy (non-hydrogen) atoms. The molecule has 2 fully saturated rings. The maximum atomic E-state index is 12.9. The third-order valence-electron chi connectivity index (χ3n) is 5.26. The summed E-state index contributed by atoms with van der Waals surface area (Å²) in [7, 11) is 0. The molecule has 0 unspecified atom stereocenters. The van der Waals surface area contributed by atoms with Crippen LogP contribution in [0.1, 0.15) is 55.8 Å². The van der Waals surface area contributed by atoms with Gasteiger partial charge in [0.2, 0.25) is 0 Å². The molecule has 1 atom stereocenters. The molecule has 2 aliphatic heterocycles. The predicted octanol–water partition coefficient (Wildman–Crippen LogP) is 2.10. The Morgan fingerprint density at radius 2 is 2.00 bits per heavy atom. The first kappa shape index (κ1) is 17.4. The van der Waals surface area contributed by atoms with Gasteiger partial charge in [-0.1, -0.05) is 0 Å². The van der Waals surface area contributed by atoms with Crippen molar-refractivity contribution in [1.82, 2.24) is 19.6 Å². The van der Waals surface area contributed by atoms with Crippen LogP contribution in [-0.2, 0) is 4.74 Å². The topological polar surface area (TPSA) is 50.6 Å². The van der Waals surface area contributed by atoms with Gasteiger partial charge in [-0.2, -0.15) is 5.10 Å². The number of aryl methyl sites for hydroxylation is 1. The van der Waals surface area contributed by atoms with Crippen LogP contribution < -0.4 is 0 Å². The largest absolute Gasteiger partial charge is 0.381 e. The van der Waals surface area contributed by atoms with Gasteiger partial charge in [0.1, 0.15) is 0 Å². The molecule has 0 bridgehead atoms. The Kier molecular flexibility index (Phi) is 5.25. The average molecular weight is 334 g/mol. The Balaban J connectivity index is 1.65. The van der Waals surface area contributed by atoms with Crippen molar-refractivity contribution in [2.75, 3.05) is 32.8 Å². The molecule has 0 saturated carbocycles. The molecule has 1 aromatic heterocycles. The fourth-order valence-electron chi connectivity index (χ4n) is 3.93. The van der Waals surface area contributed by atoms with Crippen LogP contribution in [0.3, 0.4) is 0 Å². The first-order valence-corrected chi connectivity index (χ1v) is 9.16. The van der Waals surface area contributed by atoms with Gasteiger partial charge in [0.15, 0.2) is 5.69 Å². The normalized spacial score (nSPS) is 23.9. The fraction of sp³-hybridized carbons (Fsp3) is 0.778. The van der Waals surface area contributed by atoms with Crippen molar-refractivity contribution in [3.05, 3.63) is 17.5 Å². The summed E-state index contributed by atoms with van der Waals surface area (Å²) in [6.07, 6.45) is 2.22. The van der Waals surface area contributed by atoms with Gasteiger partial charge >= 0.3 is 0 Å². The van der Waals surface area contributed by atoms with Crippen LogP contribution in [0, 0.1) is 6.92 Å². The molecule has 3 rings (SSSR count). The first-order chi connectivity index (χ1) is 11.5. The molecular weight excluding hydrogens is 304 g/mol. The summed E-state index contributed by atoms with van der Waals surface area (Å²) in [6.45, 7) is 12.7. The molecule has 0 N–H and O–H groups in total. The monoisotopic (exact) mass is 334 g/mol. The lowest BCUT2D eigenvalue weighted by atomic mass is 10.0. The van der Waals surface area contributed by atoms with E-state index in [9.17, 15) is 4.79 Å². The average Bonchev–Trinajstić information content (AvgIpc) is 2.97. The Morgan fingerprint density at radius 1 is 1.29 bits per heavy atom. The smallest absolute Gasteiger partial charge is 0.274 e. The van der Waals surface area contributed by atoms with Gasteiger partial charge in [-0.15, -0.1) is 0 Å². The quantitative estimate of drug-likeness (QED) is 0.849. The van der Waals surface area contributed by atoms with Crippen molar-refractivity contribution in [3.8, 4) is 0 Å². The molecule has 2 saturated heterocycles. The second kappa shape index (κ2) is 7.23. The van der Waals surface area contributed by atoms with Gasteiger partial charge in [0.05, 0.1) is 0 Å². The van der Waals surface area contributed by atoms with E-state index in [0.29, 0.717) is 11.7 Å². The summed E-state index contributed by atoms with van der Waals surface area (Å²) in [5, 5.41) is 4.52. The summed E-state index contributed by atoms with van der Waals surface area (Å²) in [6, 6.07) is 3.02. The molecule has 0 aliphatic carbocycles. The minimum Gasteiger partial charge on any atom is -0.381 e. The van der Waals surface area contributed by atoms with E-state index >= 15 is 0 Å². The van der Waals surface area contributed by atoms with E-state index in [4.69, 9.17) is 4.74 Å². The molecule has 0 aromatic carbocycles. The highest BCUT2D eigenvalue weighted by Gasteiger charge is 2.33. The van der Waals surface area contributed by atoms with Crippen molar-refractivity contribution >= 4 is 5.91 Å². The van der Waals surface area contributed by atoms with Crippen molar-refractivity contribution in [1.29, 1.82) is 0 Å². The third kappa shape index (κ3) is 3.49. The first-order valence-electron chi connectivity index (χ1n) is 9.16. The van der Waals surface area contributed by atoms with E-state index in [1.807, 2.05) is 22.6 Å². The van der Waals surface area contributed by atoms with E-state index < -0.39 is 0 Å². The van der Waals surface area contributed by atoms with Crippen LogP contribution in [0.15, 0.2) is 6.07 Å².